The van der Waals surface area contributed by atoms with E-state index in [1.54, 1.807) is 0 Å². The fraction of sp³-hybridized carbons (Fsp3) is 0.500. The van der Waals surface area contributed by atoms with Gasteiger partial charge in [0.25, 0.3) is 0 Å². The fourth-order valence-corrected chi connectivity index (χ4v) is 2.39. The zero-order valence-corrected chi connectivity index (χ0v) is 9.98. The van der Waals surface area contributed by atoms with E-state index >= 15 is 0 Å². The minimum absolute atomic E-state index is 0.215. The number of nitrogens with one attached hydrogen (secondary N) is 1. The molecule has 92 valence electrons. The molecule has 1 aromatic carbocycles. The number of hydrogen-bond donors (Lipinski definition) is 2. The molecule has 0 bridgehead atoms. The minimum atomic E-state index is -0.727. The van der Waals surface area contributed by atoms with Gasteiger partial charge in [0.1, 0.15) is 0 Å². The lowest BCUT2D eigenvalue weighted by molar-refractivity contribution is -0.136. The number of benzene rings is 1. The molecule has 0 spiro atoms. The first-order valence-corrected chi connectivity index (χ1v) is 6.27. The van der Waals surface area contributed by atoms with E-state index in [1.165, 1.54) is 18.4 Å². The third kappa shape index (κ3) is 3.56. The van der Waals surface area contributed by atoms with E-state index in [4.69, 9.17) is 5.11 Å². The maximum Gasteiger partial charge on any atom is 0.303 e. The summed E-state index contributed by atoms with van der Waals surface area (Å²) >= 11 is 0. The number of hydrogen-bond acceptors (Lipinski definition) is 2. The lowest BCUT2D eigenvalue weighted by Crippen LogP contribution is -2.28. The molecular weight excluding hydrogens is 214 g/mol. The van der Waals surface area contributed by atoms with Crippen molar-refractivity contribution in [2.24, 2.45) is 0 Å². The molecule has 17 heavy (non-hydrogen) atoms. The second kappa shape index (κ2) is 5.82. The van der Waals surface area contributed by atoms with Gasteiger partial charge in [0, 0.05) is 13.0 Å². The standard InChI is InChI=1S/C14H19NO2/c16-14(17)7-6-11-3-1-4-12(9-11)13-5-2-8-15-10-13/h1,3-4,9,13,15H,2,5-8,10H2,(H,16,17). The fourth-order valence-electron chi connectivity index (χ4n) is 2.39. The second-order valence-corrected chi connectivity index (χ2v) is 4.68. The normalized spacial score (nSPS) is 20.1. The van der Waals surface area contributed by atoms with Gasteiger partial charge in [0.05, 0.1) is 0 Å². The number of carbonyl (C=O) groups is 1. The molecule has 0 aliphatic carbocycles. The molecule has 1 unspecified atom stereocenters. The van der Waals surface area contributed by atoms with Crippen molar-refractivity contribution in [3.05, 3.63) is 35.4 Å². The van der Waals surface area contributed by atoms with E-state index in [2.05, 4.69) is 17.4 Å². The van der Waals surface area contributed by atoms with Crippen molar-refractivity contribution in [2.75, 3.05) is 13.1 Å². The average Bonchev–Trinajstić information content (AvgIpc) is 2.38. The van der Waals surface area contributed by atoms with Crippen molar-refractivity contribution in [1.82, 2.24) is 5.32 Å². The first-order chi connectivity index (χ1) is 8.25. The first-order valence-electron chi connectivity index (χ1n) is 6.27. The van der Waals surface area contributed by atoms with Crippen LogP contribution in [0, 0.1) is 0 Å². The number of piperidine rings is 1. The summed E-state index contributed by atoms with van der Waals surface area (Å²) in [6.45, 7) is 2.16. The molecule has 2 rings (SSSR count). The van der Waals surface area contributed by atoms with Crippen LogP contribution >= 0.6 is 0 Å². The highest BCUT2D eigenvalue weighted by Crippen LogP contribution is 2.24. The van der Waals surface area contributed by atoms with Gasteiger partial charge in [0.15, 0.2) is 0 Å². The maximum absolute atomic E-state index is 10.5. The van der Waals surface area contributed by atoms with Crippen molar-refractivity contribution >= 4 is 5.97 Å². The van der Waals surface area contributed by atoms with E-state index in [9.17, 15) is 4.79 Å². The summed E-state index contributed by atoms with van der Waals surface area (Å²) in [6, 6.07) is 8.38. The Morgan fingerprint density at radius 2 is 2.35 bits per heavy atom. The summed E-state index contributed by atoms with van der Waals surface area (Å²) in [5.41, 5.74) is 2.48. The molecule has 0 saturated carbocycles. The van der Waals surface area contributed by atoms with Gasteiger partial charge in [-0.1, -0.05) is 24.3 Å². The van der Waals surface area contributed by atoms with Gasteiger partial charge >= 0.3 is 5.97 Å². The number of rotatable bonds is 4. The van der Waals surface area contributed by atoms with Crippen LogP contribution in [0.3, 0.4) is 0 Å². The Labute approximate surface area is 102 Å². The number of carboxylic acids is 1. The highest BCUT2D eigenvalue weighted by atomic mass is 16.4. The summed E-state index contributed by atoms with van der Waals surface area (Å²) in [5.74, 6) is -0.136. The molecule has 3 heteroatoms. The molecule has 1 aliphatic rings. The summed E-state index contributed by atoms with van der Waals surface area (Å²) in [6.07, 6.45) is 3.30. The van der Waals surface area contributed by atoms with Gasteiger partial charge in [0.2, 0.25) is 0 Å². The Bertz CT molecular complexity index is 384. The van der Waals surface area contributed by atoms with Crippen molar-refractivity contribution in [1.29, 1.82) is 0 Å². The highest BCUT2D eigenvalue weighted by Gasteiger charge is 2.15. The number of carboxylic acid groups (broad SMARTS) is 1. The van der Waals surface area contributed by atoms with Crippen molar-refractivity contribution < 1.29 is 9.90 Å². The summed E-state index contributed by atoms with van der Waals surface area (Å²) in [5, 5.41) is 12.1. The molecule has 3 nitrogen and oxygen atoms in total. The van der Waals surface area contributed by atoms with Crippen molar-refractivity contribution in [2.45, 2.75) is 31.6 Å². The predicted octanol–water partition coefficient (Wildman–Crippen LogP) is 2.17. The Morgan fingerprint density at radius 3 is 3.06 bits per heavy atom. The average molecular weight is 233 g/mol. The van der Waals surface area contributed by atoms with Gasteiger partial charge < -0.3 is 10.4 Å². The topological polar surface area (TPSA) is 49.3 Å². The van der Waals surface area contributed by atoms with Crippen LogP contribution in [0.15, 0.2) is 24.3 Å². The zero-order chi connectivity index (χ0) is 12.1. The summed E-state index contributed by atoms with van der Waals surface area (Å²) in [7, 11) is 0. The van der Waals surface area contributed by atoms with E-state index in [-0.39, 0.29) is 6.42 Å². The van der Waals surface area contributed by atoms with Crippen LogP contribution in [0.4, 0.5) is 0 Å². The third-order valence-corrected chi connectivity index (χ3v) is 3.35. The molecule has 0 aromatic heterocycles. The Balaban J connectivity index is 2.02. The van der Waals surface area contributed by atoms with Gasteiger partial charge in [-0.3, -0.25) is 4.79 Å². The molecule has 1 atom stereocenters. The molecule has 1 saturated heterocycles. The second-order valence-electron chi connectivity index (χ2n) is 4.68. The monoisotopic (exact) mass is 233 g/mol. The molecule has 0 amide bonds. The predicted molar refractivity (Wildman–Crippen MR) is 67.2 cm³/mol. The lowest BCUT2D eigenvalue weighted by atomic mass is 9.90. The van der Waals surface area contributed by atoms with Gasteiger partial charge in [-0.25, -0.2) is 0 Å². The summed E-state index contributed by atoms with van der Waals surface area (Å²) < 4.78 is 0. The Kier molecular flexibility index (Phi) is 4.15. The highest BCUT2D eigenvalue weighted by molar-refractivity contribution is 5.67. The molecule has 1 aromatic rings. The molecule has 1 heterocycles. The van der Waals surface area contributed by atoms with Crippen LogP contribution in [0.1, 0.15) is 36.3 Å². The van der Waals surface area contributed by atoms with Gasteiger partial charge in [-0.05, 0) is 42.9 Å². The number of aryl methyl sites for hydroxylation is 1. The van der Waals surface area contributed by atoms with E-state index in [0.717, 1.165) is 18.7 Å². The first kappa shape index (κ1) is 12.1. The SMILES string of the molecule is O=C(O)CCc1cccc(C2CCCNC2)c1. The van der Waals surface area contributed by atoms with Crippen LogP contribution in [-0.2, 0) is 11.2 Å². The third-order valence-electron chi connectivity index (χ3n) is 3.35. The van der Waals surface area contributed by atoms with Crippen LogP contribution in [0.2, 0.25) is 0 Å². The summed E-state index contributed by atoms with van der Waals surface area (Å²) in [4.78, 5) is 10.5. The maximum atomic E-state index is 10.5. The lowest BCUT2D eigenvalue weighted by Gasteiger charge is -2.23. The van der Waals surface area contributed by atoms with E-state index < -0.39 is 5.97 Å². The van der Waals surface area contributed by atoms with Gasteiger partial charge in [-0.2, -0.15) is 0 Å². The van der Waals surface area contributed by atoms with Crippen LogP contribution in [0.25, 0.3) is 0 Å². The smallest absolute Gasteiger partial charge is 0.303 e. The van der Waals surface area contributed by atoms with E-state index in [1.807, 2.05) is 12.1 Å². The van der Waals surface area contributed by atoms with Crippen molar-refractivity contribution in [3.63, 3.8) is 0 Å². The van der Waals surface area contributed by atoms with Crippen LogP contribution < -0.4 is 5.32 Å². The molecule has 2 N–H and O–H groups in total. The largest absolute Gasteiger partial charge is 0.481 e. The Morgan fingerprint density at radius 1 is 1.47 bits per heavy atom. The van der Waals surface area contributed by atoms with Crippen LogP contribution in [0.5, 0.6) is 0 Å². The zero-order valence-electron chi connectivity index (χ0n) is 9.98. The van der Waals surface area contributed by atoms with E-state index in [0.29, 0.717) is 12.3 Å². The molecule has 0 radical (unpaired) electrons. The van der Waals surface area contributed by atoms with Gasteiger partial charge in [-0.15, -0.1) is 0 Å². The van der Waals surface area contributed by atoms with Crippen LogP contribution in [-0.4, -0.2) is 24.2 Å². The molecular formula is C14H19NO2. The molecule has 1 fully saturated rings. The minimum Gasteiger partial charge on any atom is -0.481 e. The number of aliphatic carboxylic acids is 1. The quantitative estimate of drug-likeness (QED) is 0.838. The Hall–Kier alpha value is -1.35. The molecule has 1 aliphatic heterocycles. The van der Waals surface area contributed by atoms with Crippen molar-refractivity contribution in [3.8, 4) is 0 Å².